The van der Waals surface area contributed by atoms with Crippen molar-refractivity contribution in [2.24, 2.45) is 11.7 Å². The van der Waals surface area contributed by atoms with Gasteiger partial charge in [-0.15, -0.1) is 0 Å². The molecule has 2 atom stereocenters. The molecule has 0 saturated carbocycles. The van der Waals surface area contributed by atoms with Crippen molar-refractivity contribution in [1.82, 2.24) is 10.1 Å². The number of aromatic nitrogens is 1. The second-order valence-electron chi connectivity index (χ2n) is 3.81. The van der Waals surface area contributed by atoms with Gasteiger partial charge in [-0.3, -0.25) is 4.90 Å². The SMILES string of the molecule is CC1CN(Cc2ccno2)CC1N. The van der Waals surface area contributed by atoms with Crippen molar-refractivity contribution >= 4 is 0 Å². The Kier molecular flexibility index (Phi) is 2.33. The second-order valence-corrected chi connectivity index (χ2v) is 3.81. The van der Waals surface area contributed by atoms with Crippen LogP contribution in [0.1, 0.15) is 12.7 Å². The molecule has 4 heteroatoms. The summed E-state index contributed by atoms with van der Waals surface area (Å²) in [4.78, 5) is 2.30. The van der Waals surface area contributed by atoms with Crippen LogP contribution >= 0.6 is 0 Å². The van der Waals surface area contributed by atoms with E-state index in [4.69, 9.17) is 10.3 Å². The quantitative estimate of drug-likeness (QED) is 0.720. The summed E-state index contributed by atoms with van der Waals surface area (Å²) >= 11 is 0. The summed E-state index contributed by atoms with van der Waals surface area (Å²) < 4.78 is 5.03. The number of nitrogens with zero attached hydrogens (tertiary/aromatic N) is 2. The highest BCUT2D eigenvalue weighted by molar-refractivity contribution is 4.95. The number of nitrogens with two attached hydrogens (primary N) is 1. The van der Waals surface area contributed by atoms with Gasteiger partial charge in [0, 0.05) is 25.2 Å². The molecule has 0 amide bonds. The monoisotopic (exact) mass is 181 g/mol. The van der Waals surface area contributed by atoms with Gasteiger partial charge in [0.25, 0.3) is 0 Å². The van der Waals surface area contributed by atoms with Crippen LogP contribution in [0.3, 0.4) is 0 Å². The van der Waals surface area contributed by atoms with Crippen LogP contribution in [0.4, 0.5) is 0 Å². The van der Waals surface area contributed by atoms with E-state index in [0.29, 0.717) is 12.0 Å². The van der Waals surface area contributed by atoms with Crippen LogP contribution in [0.25, 0.3) is 0 Å². The van der Waals surface area contributed by atoms with E-state index in [0.717, 1.165) is 25.4 Å². The van der Waals surface area contributed by atoms with Gasteiger partial charge in [0.15, 0.2) is 5.76 Å². The molecule has 0 radical (unpaired) electrons. The molecule has 2 unspecified atom stereocenters. The average Bonchev–Trinajstić information content (AvgIpc) is 2.64. The first kappa shape index (κ1) is 8.72. The van der Waals surface area contributed by atoms with Crippen molar-refractivity contribution in [3.63, 3.8) is 0 Å². The summed E-state index contributed by atoms with van der Waals surface area (Å²) in [6.45, 7) is 5.03. The molecule has 1 aliphatic heterocycles. The molecular weight excluding hydrogens is 166 g/mol. The first-order valence-electron chi connectivity index (χ1n) is 4.63. The minimum Gasteiger partial charge on any atom is -0.360 e. The molecule has 1 aromatic rings. The molecule has 0 aliphatic carbocycles. The van der Waals surface area contributed by atoms with Crippen LogP contribution in [-0.4, -0.2) is 29.2 Å². The van der Waals surface area contributed by atoms with E-state index in [9.17, 15) is 0 Å². The van der Waals surface area contributed by atoms with E-state index < -0.39 is 0 Å². The number of hydrogen-bond acceptors (Lipinski definition) is 4. The molecule has 4 nitrogen and oxygen atoms in total. The molecule has 2 heterocycles. The first-order chi connectivity index (χ1) is 6.25. The fourth-order valence-corrected chi connectivity index (χ4v) is 1.77. The summed E-state index contributed by atoms with van der Waals surface area (Å²) in [7, 11) is 0. The van der Waals surface area contributed by atoms with Crippen molar-refractivity contribution in [2.75, 3.05) is 13.1 Å². The lowest BCUT2D eigenvalue weighted by atomic mass is 10.1. The standard InChI is InChI=1S/C9H15N3O/c1-7-4-12(6-9(7)10)5-8-2-3-11-13-8/h2-3,7,9H,4-6,10H2,1H3. The Labute approximate surface area is 77.7 Å². The van der Waals surface area contributed by atoms with Crippen molar-refractivity contribution in [1.29, 1.82) is 0 Å². The van der Waals surface area contributed by atoms with Gasteiger partial charge in [0.2, 0.25) is 0 Å². The van der Waals surface area contributed by atoms with E-state index in [1.165, 1.54) is 0 Å². The lowest BCUT2D eigenvalue weighted by molar-refractivity contribution is 0.267. The third-order valence-corrected chi connectivity index (χ3v) is 2.62. The Morgan fingerprint density at radius 2 is 2.54 bits per heavy atom. The maximum Gasteiger partial charge on any atom is 0.150 e. The molecule has 72 valence electrons. The maximum atomic E-state index is 5.91. The number of hydrogen-bond donors (Lipinski definition) is 1. The van der Waals surface area contributed by atoms with E-state index in [2.05, 4.69) is 17.0 Å². The van der Waals surface area contributed by atoms with E-state index >= 15 is 0 Å². The third kappa shape index (κ3) is 1.89. The molecule has 13 heavy (non-hydrogen) atoms. The minimum atomic E-state index is 0.308. The fourth-order valence-electron chi connectivity index (χ4n) is 1.77. The topological polar surface area (TPSA) is 55.3 Å². The predicted molar refractivity (Wildman–Crippen MR) is 48.9 cm³/mol. The van der Waals surface area contributed by atoms with Gasteiger partial charge in [-0.25, -0.2) is 0 Å². The molecule has 0 spiro atoms. The predicted octanol–water partition coefficient (Wildman–Crippen LogP) is 0.454. The van der Waals surface area contributed by atoms with Gasteiger partial charge in [0.1, 0.15) is 0 Å². The molecule has 1 fully saturated rings. The zero-order valence-corrected chi connectivity index (χ0v) is 7.81. The smallest absolute Gasteiger partial charge is 0.150 e. The summed E-state index contributed by atoms with van der Waals surface area (Å²) in [6.07, 6.45) is 1.68. The number of likely N-dealkylation sites (tertiary alicyclic amines) is 1. The van der Waals surface area contributed by atoms with Crippen molar-refractivity contribution in [2.45, 2.75) is 19.5 Å². The molecule has 2 rings (SSSR count). The van der Waals surface area contributed by atoms with Crippen LogP contribution in [0.2, 0.25) is 0 Å². The third-order valence-electron chi connectivity index (χ3n) is 2.62. The number of rotatable bonds is 2. The molecule has 1 aromatic heterocycles. The lowest BCUT2D eigenvalue weighted by Crippen LogP contribution is -2.28. The Morgan fingerprint density at radius 3 is 3.08 bits per heavy atom. The van der Waals surface area contributed by atoms with Crippen LogP contribution in [0.15, 0.2) is 16.8 Å². The summed E-state index contributed by atoms with van der Waals surface area (Å²) in [5.74, 6) is 1.50. The van der Waals surface area contributed by atoms with Crippen LogP contribution < -0.4 is 5.73 Å². The molecular formula is C9H15N3O. The van der Waals surface area contributed by atoms with E-state index in [1.54, 1.807) is 6.20 Å². The van der Waals surface area contributed by atoms with Crippen molar-refractivity contribution in [3.05, 3.63) is 18.0 Å². The van der Waals surface area contributed by atoms with Gasteiger partial charge < -0.3 is 10.3 Å². The average molecular weight is 181 g/mol. The zero-order chi connectivity index (χ0) is 9.26. The molecule has 0 bridgehead atoms. The molecule has 1 saturated heterocycles. The van der Waals surface area contributed by atoms with Crippen LogP contribution in [-0.2, 0) is 6.54 Å². The van der Waals surface area contributed by atoms with Crippen LogP contribution in [0.5, 0.6) is 0 Å². The molecule has 2 N–H and O–H groups in total. The largest absolute Gasteiger partial charge is 0.360 e. The van der Waals surface area contributed by atoms with Gasteiger partial charge >= 0.3 is 0 Å². The Balaban J connectivity index is 1.91. The molecule has 1 aliphatic rings. The Hall–Kier alpha value is -0.870. The highest BCUT2D eigenvalue weighted by atomic mass is 16.5. The normalized spacial score (nSPS) is 29.7. The second kappa shape index (κ2) is 3.47. The van der Waals surface area contributed by atoms with Crippen LogP contribution in [0, 0.1) is 5.92 Å². The maximum absolute atomic E-state index is 5.91. The van der Waals surface area contributed by atoms with Gasteiger partial charge in [0.05, 0.1) is 12.7 Å². The highest BCUT2D eigenvalue weighted by Gasteiger charge is 2.26. The van der Waals surface area contributed by atoms with Crippen molar-refractivity contribution < 1.29 is 4.52 Å². The minimum absolute atomic E-state index is 0.308. The van der Waals surface area contributed by atoms with E-state index in [1.807, 2.05) is 6.07 Å². The lowest BCUT2D eigenvalue weighted by Gasteiger charge is -2.11. The highest BCUT2D eigenvalue weighted by Crippen LogP contribution is 2.16. The van der Waals surface area contributed by atoms with Crippen molar-refractivity contribution in [3.8, 4) is 0 Å². The summed E-state index contributed by atoms with van der Waals surface area (Å²) in [6, 6.07) is 2.21. The zero-order valence-electron chi connectivity index (χ0n) is 7.81. The Morgan fingerprint density at radius 1 is 1.69 bits per heavy atom. The van der Waals surface area contributed by atoms with E-state index in [-0.39, 0.29) is 0 Å². The van der Waals surface area contributed by atoms with Gasteiger partial charge in [-0.1, -0.05) is 12.1 Å². The van der Waals surface area contributed by atoms with Gasteiger partial charge in [-0.05, 0) is 5.92 Å². The Bertz CT molecular complexity index is 250. The summed E-state index contributed by atoms with van der Waals surface area (Å²) in [5.41, 5.74) is 5.91. The van der Waals surface area contributed by atoms with Gasteiger partial charge in [-0.2, -0.15) is 0 Å². The first-order valence-corrected chi connectivity index (χ1v) is 4.63. The summed E-state index contributed by atoms with van der Waals surface area (Å²) in [5, 5.41) is 3.67. The molecule has 0 aromatic carbocycles. The fraction of sp³-hybridized carbons (Fsp3) is 0.667.